The third kappa shape index (κ3) is 2.13. The van der Waals surface area contributed by atoms with Crippen molar-refractivity contribution in [1.82, 2.24) is 4.90 Å². The largest absolute Gasteiger partial charge is 0.368 e. The first-order valence-electron chi connectivity index (χ1n) is 8.30. The molecule has 4 nitrogen and oxygen atoms in total. The molecule has 4 atom stereocenters. The third-order valence-corrected chi connectivity index (χ3v) is 5.92. The number of hydrogen-bond acceptors (Lipinski definition) is 2. The number of nitrogens with zero attached hydrogens (tertiary/aromatic N) is 1. The van der Waals surface area contributed by atoms with Gasteiger partial charge in [0.15, 0.2) is 0 Å². The Bertz CT molecular complexity index is 627. The summed E-state index contributed by atoms with van der Waals surface area (Å²) in [5.74, 6) is 1.15. The van der Waals surface area contributed by atoms with Crippen molar-refractivity contribution < 1.29 is 9.59 Å². The number of primary amides is 1. The van der Waals surface area contributed by atoms with Crippen LogP contribution in [-0.4, -0.2) is 22.8 Å². The van der Waals surface area contributed by atoms with Crippen LogP contribution in [-0.2, 0) is 22.6 Å². The van der Waals surface area contributed by atoms with Gasteiger partial charge in [0.05, 0.1) is 0 Å². The van der Waals surface area contributed by atoms with E-state index in [0.717, 1.165) is 23.5 Å². The highest BCUT2D eigenvalue weighted by Gasteiger charge is 2.46. The zero-order valence-electron chi connectivity index (χ0n) is 12.7. The normalized spacial score (nSPS) is 32.8. The summed E-state index contributed by atoms with van der Waals surface area (Å²) in [5.41, 5.74) is 7.89. The molecule has 2 N–H and O–H groups in total. The molecule has 22 heavy (non-hydrogen) atoms. The monoisotopic (exact) mass is 298 g/mol. The Labute approximate surface area is 130 Å². The Morgan fingerprint density at radius 2 is 1.86 bits per heavy atom. The first kappa shape index (κ1) is 13.8. The summed E-state index contributed by atoms with van der Waals surface area (Å²) < 4.78 is 0. The Kier molecular flexibility index (Phi) is 3.21. The van der Waals surface area contributed by atoms with Gasteiger partial charge < -0.3 is 10.6 Å². The molecule has 3 unspecified atom stereocenters. The minimum absolute atomic E-state index is 0.117. The topological polar surface area (TPSA) is 63.4 Å². The zero-order valence-corrected chi connectivity index (χ0v) is 12.7. The second kappa shape index (κ2) is 5.11. The molecule has 0 aromatic heterocycles. The average Bonchev–Trinajstić information content (AvgIpc) is 3.15. The van der Waals surface area contributed by atoms with Crippen molar-refractivity contribution in [3.8, 4) is 0 Å². The molecule has 0 radical (unpaired) electrons. The van der Waals surface area contributed by atoms with Gasteiger partial charge in [-0.2, -0.15) is 0 Å². The fourth-order valence-corrected chi connectivity index (χ4v) is 4.77. The highest BCUT2D eigenvalue weighted by Crippen LogP contribution is 2.49. The lowest BCUT2D eigenvalue weighted by atomic mass is 9.85. The number of carbonyl (C=O) groups excluding carboxylic acids is 2. The molecule has 1 aromatic rings. The molecule has 3 aliphatic rings. The van der Waals surface area contributed by atoms with Crippen LogP contribution in [0, 0.1) is 17.8 Å². The Morgan fingerprint density at radius 3 is 2.50 bits per heavy atom. The van der Waals surface area contributed by atoms with E-state index >= 15 is 0 Å². The van der Waals surface area contributed by atoms with Crippen molar-refractivity contribution in [2.75, 3.05) is 0 Å². The van der Waals surface area contributed by atoms with Crippen LogP contribution in [0.3, 0.4) is 0 Å². The number of fused-ring (bicyclic) bond motifs is 3. The molecule has 2 fully saturated rings. The van der Waals surface area contributed by atoms with E-state index in [0.29, 0.717) is 18.9 Å². The molecular formula is C18H22N2O2. The minimum Gasteiger partial charge on any atom is -0.368 e. The second-order valence-corrected chi connectivity index (χ2v) is 7.14. The van der Waals surface area contributed by atoms with Crippen molar-refractivity contribution in [2.24, 2.45) is 23.5 Å². The summed E-state index contributed by atoms with van der Waals surface area (Å²) in [6, 6.07) is 7.56. The SMILES string of the molecule is NC(=O)[C@@H]1Cc2ccccc2CN1C(=O)C1CC2CCC1C2. The van der Waals surface area contributed by atoms with Crippen LogP contribution < -0.4 is 5.73 Å². The highest BCUT2D eigenvalue weighted by atomic mass is 16.2. The fourth-order valence-electron chi connectivity index (χ4n) is 4.77. The Balaban J connectivity index is 1.61. The lowest BCUT2D eigenvalue weighted by Crippen LogP contribution is -2.53. The van der Waals surface area contributed by atoms with Gasteiger partial charge in [0.2, 0.25) is 11.8 Å². The van der Waals surface area contributed by atoms with Crippen LogP contribution in [0.5, 0.6) is 0 Å². The van der Waals surface area contributed by atoms with Gasteiger partial charge in [-0.25, -0.2) is 0 Å². The first-order chi connectivity index (χ1) is 10.6. The van der Waals surface area contributed by atoms with Crippen LogP contribution in [0.4, 0.5) is 0 Å². The fraction of sp³-hybridized carbons (Fsp3) is 0.556. The van der Waals surface area contributed by atoms with E-state index < -0.39 is 6.04 Å². The standard InChI is InChI=1S/C18H22N2O2/c19-17(21)16-9-12-3-1-2-4-14(12)10-20(16)18(22)15-8-11-5-6-13(15)7-11/h1-4,11,13,15-16H,5-10H2,(H2,19,21)/t11?,13?,15?,16-/m0/s1. The molecule has 1 heterocycles. The highest BCUT2D eigenvalue weighted by molar-refractivity contribution is 5.88. The van der Waals surface area contributed by atoms with Crippen molar-refractivity contribution in [3.05, 3.63) is 35.4 Å². The zero-order chi connectivity index (χ0) is 15.3. The lowest BCUT2D eigenvalue weighted by Gasteiger charge is -2.38. The average molecular weight is 298 g/mol. The van der Waals surface area contributed by atoms with E-state index in [1.165, 1.54) is 19.3 Å². The van der Waals surface area contributed by atoms with Crippen molar-refractivity contribution >= 4 is 11.8 Å². The molecule has 1 aromatic carbocycles. The lowest BCUT2D eigenvalue weighted by molar-refractivity contribution is -0.145. The molecule has 1 aliphatic heterocycles. The summed E-state index contributed by atoms with van der Waals surface area (Å²) in [4.78, 5) is 26.7. The molecule has 116 valence electrons. The maximum absolute atomic E-state index is 13.0. The number of hydrogen-bond donors (Lipinski definition) is 1. The number of carbonyl (C=O) groups is 2. The molecular weight excluding hydrogens is 276 g/mol. The first-order valence-corrected chi connectivity index (χ1v) is 8.30. The molecule has 2 saturated carbocycles. The number of benzene rings is 1. The third-order valence-electron chi connectivity index (χ3n) is 5.92. The summed E-state index contributed by atoms with van der Waals surface area (Å²) >= 11 is 0. The molecule has 4 heteroatoms. The molecule has 2 amide bonds. The summed E-state index contributed by atoms with van der Waals surface area (Å²) in [5, 5.41) is 0. The van der Waals surface area contributed by atoms with E-state index in [4.69, 9.17) is 5.73 Å². The quantitative estimate of drug-likeness (QED) is 0.906. The summed E-state index contributed by atoms with van der Waals surface area (Å²) in [6.45, 7) is 0.524. The number of amides is 2. The van der Waals surface area contributed by atoms with Gasteiger partial charge in [0.1, 0.15) is 6.04 Å². The van der Waals surface area contributed by atoms with Gasteiger partial charge in [-0.1, -0.05) is 30.7 Å². The van der Waals surface area contributed by atoms with Crippen LogP contribution in [0.2, 0.25) is 0 Å². The van der Waals surface area contributed by atoms with Crippen molar-refractivity contribution in [2.45, 2.75) is 44.7 Å². The maximum atomic E-state index is 13.0. The molecule has 0 spiro atoms. The minimum atomic E-state index is -0.485. The van der Waals surface area contributed by atoms with Crippen LogP contribution in [0.15, 0.2) is 24.3 Å². The number of rotatable bonds is 2. The van der Waals surface area contributed by atoms with Crippen molar-refractivity contribution in [1.29, 1.82) is 0 Å². The maximum Gasteiger partial charge on any atom is 0.240 e. The number of nitrogens with two attached hydrogens (primary N) is 1. The molecule has 2 aliphatic carbocycles. The molecule has 4 rings (SSSR count). The van der Waals surface area contributed by atoms with Crippen LogP contribution in [0.25, 0.3) is 0 Å². The van der Waals surface area contributed by atoms with Gasteiger partial charge in [-0.05, 0) is 42.2 Å². The summed E-state index contributed by atoms with van der Waals surface area (Å²) in [6.07, 6.45) is 5.20. The predicted octanol–water partition coefficient (Wildman–Crippen LogP) is 1.86. The van der Waals surface area contributed by atoms with Crippen LogP contribution in [0.1, 0.15) is 36.8 Å². The smallest absolute Gasteiger partial charge is 0.240 e. The van der Waals surface area contributed by atoms with Gasteiger partial charge in [-0.3, -0.25) is 9.59 Å². The van der Waals surface area contributed by atoms with E-state index in [-0.39, 0.29) is 17.7 Å². The summed E-state index contributed by atoms with van der Waals surface area (Å²) in [7, 11) is 0. The Hall–Kier alpha value is -1.84. The molecule has 2 bridgehead atoms. The predicted molar refractivity (Wildman–Crippen MR) is 82.6 cm³/mol. The molecule has 0 saturated heterocycles. The van der Waals surface area contributed by atoms with E-state index in [1.54, 1.807) is 4.90 Å². The van der Waals surface area contributed by atoms with Crippen LogP contribution >= 0.6 is 0 Å². The van der Waals surface area contributed by atoms with E-state index in [9.17, 15) is 9.59 Å². The van der Waals surface area contributed by atoms with E-state index in [2.05, 4.69) is 0 Å². The van der Waals surface area contributed by atoms with Crippen molar-refractivity contribution in [3.63, 3.8) is 0 Å². The van der Waals surface area contributed by atoms with Gasteiger partial charge >= 0.3 is 0 Å². The van der Waals surface area contributed by atoms with Gasteiger partial charge in [0.25, 0.3) is 0 Å². The van der Waals surface area contributed by atoms with E-state index in [1.807, 2.05) is 24.3 Å². The van der Waals surface area contributed by atoms with Gasteiger partial charge in [0, 0.05) is 18.9 Å². The van der Waals surface area contributed by atoms with Gasteiger partial charge in [-0.15, -0.1) is 0 Å². The second-order valence-electron chi connectivity index (χ2n) is 7.14. The Morgan fingerprint density at radius 1 is 1.09 bits per heavy atom.